The summed E-state index contributed by atoms with van der Waals surface area (Å²) in [5.41, 5.74) is 4.24. The van der Waals surface area contributed by atoms with E-state index in [0.29, 0.717) is 0 Å². The zero-order chi connectivity index (χ0) is 37.6. The molecule has 276 valence electrons. The molecule has 4 aromatic heterocycles. The molecule has 52 heavy (non-hydrogen) atoms. The van der Waals surface area contributed by atoms with Gasteiger partial charge in [0.15, 0.2) is 0 Å². The molecule has 0 aliphatic rings. The molecule has 0 saturated carbocycles. The first-order chi connectivity index (χ1) is 25.0. The number of aliphatic carboxylic acids is 4. The average molecular weight is 717 g/mol. The highest BCUT2D eigenvalue weighted by atomic mass is 16.4. The van der Waals surface area contributed by atoms with Gasteiger partial charge in [-0.2, -0.15) is 0 Å². The first-order valence-electron chi connectivity index (χ1n) is 16.4. The molecule has 0 bridgehead atoms. The summed E-state index contributed by atoms with van der Waals surface area (Å²) < 4.78 is 0. The van der Waals surface area contributed by atoms with Crippen LogP contribution in [0.25, 0.3) is 0 Å². The average Bonchev–Trinajstić information content (AvgIpc) is 3.10. The highest BCUT2D eigenvalue weighted by Gasteiger charge is 2.18. The minimum atomic E-state index is -1.23. The Kier molecular flexibility index (Phi) is 18.0. The number of hydrogen-bond donors (Lipinski definition) is 4. The van der Waals surface area contributed by atoms with Crippen LogP contribution < -0.4 is 0 Å². The van der Waals surface area contributed by atoms with E-state index in [1.165, 1.54) is 0 Å². The molecule has 0 fully saturated rings. The number of carboxylic acid groups (broad SMARTS) is 4. The molecule has 0 aliphatic heterocycles. The number of pyridine rings is 4. The van der Waals surface area contributed by atoms with E-state index < -0.39 is 50.1 Å². The molecule has 0 saturated heterocycles. The summed E-state index contributed by atoms with van der Waals surface area (Å²) in [5, 5.41) is 34.5. The number of carbonyl (C=O) groups is 4. The van der Waals surface area contributed by atoms with Crippen molar-refractivity contribution in [1.82, 2.24) is 39.5 Å². The smallest absolute Gasteiger partial charge is 0.317 e. The number of carboxylic acids is 4. The lowest BCUT2D eigenvalue weighted by atomic mass is 10.2. The molecule has 0 aromatic carbocycles. The van der Waals surface area contributed by atoms with E-state index in [1.54, 1.807) is 0 Å². The van der Waals surface area contributed by atoms with Crippen molar-refractivity contribution < 1.29 is 39.6 Å². The Bertz CT molecular complexity index is 1400. The van der Waals surface area contributed by atoms with E-state index in [4.69, 9.17) is 20.4 Å². The van der Waals surface area contributed by atoms with Gasteiger partial charge < -0.3 is 20.4 Å². The molecule has 0 radical (unpaired) electrons. The van der Waals surface area contributed by atoms with Crippen LogP contribution in [0.2, 0.25) is 0 Å². The number of rotatable bonds is 22. The van der Waals surface area contributed by atoms with Crippen LogP contribution in [0.1, 0.15) is 22.8 Å². The van der Waals surface area contributed by atoms with Gasteiger partial charge in [-0.25, -0.2) is 0 Å². The van der Waals surface area contributed by atoms with Crippen molar-refractivity contribution in [2.24, 2.45) is 0 Å². The van der Waals surface area contributed by atoms with Gasteiger partial charge in [0, 0.05) is 77.1 Å². The molecule has 4 N–H and O–H groups in total. The van der Waals surface area contributed by atoms with E-state index in [2.05, 4.69) is 54.0 Å². The van der Waals surface area contributed by atoms with Crippen molar-refractivity contribution >= 4 is 23.9 Å². The Labute approximate surface area is 301 Å². The summed E-state index contributed by atoms with van der Waals surface area (Å²) >= 11 is 0. The third-order valence-electron chi connectivity index (χ3n) is 7.35. The van der Waals surface area contributed by atoms with Crippen LogP contribution in [0.3, 0.4) is 0 Å². The zero-order valence-corrected chi connectivity index (χ0v) is 28.7. The fourth-order valence-corrected chi connectivity index (χ4v) is 5.07. The minimum Gasteiger partial charge on any atom is -0.480 e. The summed E-state index contributed by atoms with van der Waals surface area (Å²) in [5.74, 6) is -4.91. The van der Waals surface area contributed by atoms with Crippen molar-refractivity contribution in [1.29, 1.82) is 0 Å². The van der Waals surface area contributed by atoms with Crippen molar-refractivity contribution in [3.8, 4) is 0 Å². The highest BCUT2D eigenvalue weighted by molar-refractivity contribution is 5.73. The van der Waals surface area contributed by atoms with E-state index in [1.807, 2.05) is 73.3 Å². The Morgan fingerprint density at radius 3 is 0.808 bits per heavy atom. The molecule has 0 unspecified atom stereocenters. The predicted octanol–water partition coefficient (Wildman–Crippen LogP) is 1.90. The van der Waals surface area contributed by atoms with Gasteiger partial charge in [0.1, 0.15) is 0 Å². The largest absolute Gasteiger partial charge is 0.480 e. The van der Waals surface area contributed by atoms with Crippen LogP contribution in [0.5, 0.6) is 0 Å². The van der Waals surface area contributed by atoms with Crippen LogP contribution in [0, 0.1) is 0 Å². The van der Waals surface area contributed by atoms with Gasteiger partial charge in [-0.3, -0.25) is 58.7 Å². The molecular weight excluding hydrogens is 672 g/mol. The second-order valence-corrected chi connectivity index (χ2v) is 11.7. The molecule has 16 nitrogen and oxygen atoms in total. The number of hydrogen-bond acceptors (Lipinski definition) is 12. The third kappa shape index (κ3) is 17.8. The first kappa shape index (κ1) is 40.7. The fraction of sp³-hybridized carbons (Fsp3) is 0.333. The SMILES string of the molecule is O=C(O)CN(CCN(CC(=O)O)CC(=O)O)CC(=O)O.c1ccc(CN(CCN(Cc2ccccn2)Cc2ccccn2)Cc2ccccn2)nc1. The third-order valence-corrected chi connectivity index (χ3v) is 7.35. The second-order valence-electron chi connectivity index (χ2n) is 11.7. The topological polar surface area (TPSA) is 214 Å². The molecule has 0 spiro atoms. The maximum Gasteiger partial charge on any atom is 0.317 e. The summed E-state index contributed by atoms with van der Waals surface area (Å²) in [7, 11) is 0. The number of nitrogens with zero attached hydrogens (tertiary/aromatic N) is 8. The molecule has 0 aliphatic carbocycles. The fourth-order valence-electron chi connectivity index (χ4n) is 5.07. The van der Waals surface area contributed by atoms with Gasteiger partial charge >= 0.3 is 23.9 Å². The quantitative estimate of drug-likeness (QED) is 0.0914. The van der Waals surface area contributed by atoms with Crippen molar-refractivity contribution in [3.05, 3.63) is 120 Å². The Morgan fingerprint density at radius 1 is 0.385 bits per heavy atom. The van der Waals surface area contributed by atoms with Crippen LogP contribution in [0.4, 0.5) is 0 Å². The predicted molar refractivity (Wildman–Crippen MR) is 189 cm³/mol. The minimum absolute atomic E-state index is 0.0703. The highest BCUT2D eigenvalue weighted by Crippen LogP contribution is 2.11. The summed E-state index contributed by atoms with van der Waals surface area (Å²) in [6.07, 6.45) is 7.40. The molecule has 4 rings (SSSR count). The molecule has 4 aromatic rings. The molecule has 16 heteroatoms. The summed E-state index contributed by atoms with van der Waals surface area (Å²) in [6, 6.07) is 24.3. The van der Waals surface area contributed by atoms with Gasteiger partial charge in [0.05, 0.1) is 49.0 Å². The molecule has 0 amide bonds. The van der Waals surface area contributed by atoms with Gasteiger partial charge in [-0.1, -0.05) is 24.3 Å². The molecule has 4 heterocycles. The van der Waals surface area contributed by atoms with Crippen LogP contribution in [-0.2, 0) is 45.4 Å². The normalized spacial score (nSPS) is 11.0. The number of aromatic nitrogens is 4. The van der Waals surface area contributed by atoms with Crippen molar-refractivity contribution in [3.63, 3.8) is 0 Å². The molecule has 0 atom stereocenters. The van der Waals surface area contributed by atoms with Crippen molar-refractivity contribution in [2.75, 3.05) is 52.4 Å². The van der Waals surface area contributed by atoms with Gasteiger partial charge in [0.25, 0.3) is 0 Å². The lowest BCUT2D eigenvalue weighted by Gasteiger charge is -2.27. The summed E-state index contributed by atoms with van der Waals surface area (Å²) in [6.45, 7) is 2.62. The Morgan fingerprint density at radius 2 is 0.615 bits per heavy atom. The van der Waals surface area contributed by atoms with E-state index in [0.717, 1.165) is 71.8 Å². The Balaban J connectivity index is 0.000000316. The van der Waals surface area contributed by atoms with Crippen LogP contribution >= 0.6 is 0 Å². The van der Waals surface area contributed by atoms with E-state index in [-0.39, 0.29) is 13.1 Å². The lowest BCUT2D eigenvalue weighted by molar-refractivity contribution is -0.145. The van der Waals surface area contributed by atoms with E-state index in [9.17, 15) is 19.2 Å². The standard InChI is InChI=1S/C26H28N6.C10H16N2O8/c1-5-13-27-23(9-1)19-31(20-24-10-2-6-14-28-24)17-18-32(21-25-11-3-7-15-29-25)22-26-12-4-8-16-30-26;13-7(14)3-11(4-8(15)16)1-2-12(5-9(17)18)6-10(19)20/h1-16H,17-22H2;1-6H2,(H,13,14)(H,15,16)(H,17,18)(H,19,20). The van der Waals surface area contributed by atoms with Gasteiger partial charge in [-0.15, -0.1) is 0 Å². The Hall–Kier alpha value is -5.68. The first-order valence-corrected chi connectivity index (χ1v) is 16.4. The lowest BCUT2D eigenvalue weighted by Crippen LogP contribution is -2.43. The molecular formula is C36H44N8O8. The monoisotopic (exact) mass is 716 g/mol. The van der Waals surface area contributed by atoms with Crippen molar-refractivity contribution in [2.45, 2.75) is 26.2 Å². The maximum atomic E-state index is 10.6. The zero-order valence-electron chi connectivity index (χ0n) is 28.7. The maximum absolute atomic E-state index is 10.6. The van der Waals surface area contributed by atoms with E-state index >= 15 is 0 Å². The van der Waals surface area contributed by atoms with Gasteiger partial charge in [0.2, 0.25) is 0 Å². The van der Waals surface area contributed by atoms with Crippen LogP contribution in [-0.4, -0.2) is 136 Å². The summed E-state index contributed by atoms with van der Waals surface area (Å²) in [4.78, 5) is 67.3. The van der Waals surface area contributed by atoms with Crippen LogP contribution in [0.15, 0.2) is 97.6 Å². The second kappa shape index (κ2) is 22.9. The van der Waals surface area contributed by atoms with Gasteiger partial charge in [-0.05, 0) is 48.5 Å².